The molecule has 3 rings (SSSR count). The molecule has 9 heteroatoms. The highest BCUT2D eigenvalue weighted by atomic mass is 35.5. The molecule has 2 heterocycles. The lowest BCUT2D eigenvalue weighted by Gasteiger charge is -2.31. The summed E-state index contributed by atoms with van der Waals surface area (Å²) in [6, 6.07) is 4.08. The number of rotatable bonds is 2. The Hall–Kier alpha value is -1.44. The van der Waals surface area contributed by atoms with Crippen molar-refractivity contribution in [2.75, 3.05) is 31.1 Å². The van der Waals surface area contributed by atoms with E-state index in [0.29, 0.717) is 21.6 Å². The Balaban J connectivity index is 0.00000192. The molecule has 0 aliphatic carbocycles. The number of hydrogen-bond acceptors (Lipinski definition) is 4. The fourth-order valence-corrected chi connectivity index (χ4v) is 2.81. The lowest BCUT2D eigenvalue weighted by Crippen LogP contribution is -2.43. The van der Waals surface area contributed by atoms with Crippen molar-refractivity contribution in [2.45, 2.75) is 6.36 Å². The Bertz CT molecular complexity index is 691. The smallest absolute Gasteiger partial charge is 0.406 e. The highest BCUT2D eigenvalue weighted by Gasteiger charge is 2.31. The summed E-state index contributed by atoms with van der Waals surface area (Å²) in [7, 11) is 0. The molecule has 4 nitrogen and oxygen atoms in total. The van der Waals surface area contributed by atoms with Crippen LogP contribution in [0.3, 0.4) is 0 Å². The molecule has 1 saturated heterocycles. The molecule has 2 aromatic rings. The van der Waals surface area contributed by atoms with Gasteiger partial charge in [-0.25, -0.2) is 0 Å². The highest BCUT2D eigenvalue weighted by Crippen LogP contribution is 2.36. The average Bonchev–Trinajstić information content (AvgIpc) is 2.46. The van der Waals surface area contributed by atoms with Crippen molar-refractivity contribution < 1.29 is 17.9 Å². The number of piperazine rings is 1. The predicted octanol–water partition coefficient (Wildman–Crippen LogP) is 3.62. The van der Waals surface area contributed by atoms with E-state index in [1.165, 1.54) is 24.4 Å². The predicted molar refractivity (Wildman–Crippen MR) is 85.8 cm³/mol. The lowest BCUT2D eigenvalue weighted by molar-refractivity contribution is -0.274. The van der Waals surface area contributed by atoms with E-state index in [0.717, 1.165) is 26.2 Å². The number of pyridine rings is 1. The molecule has 0 spiro atoms. The molecule has 0 amide bonds. The average molecular weight is 368 g/mol. The maximum atomic E-state index is 12.4. The van der Waals surface area contributed by atoms with Crippen LogP contribution in [0.1, 0.15) is 0 Å². The number of nitrogens with one attached hydrogen (secondary N) is 1. The third-order valence-corrected chi connectivity index (χ3v) is 3.71. The monoisotopic (exact) mass is 367 g/mol. The van der Waals surface area contributed by atoms with Crippen LogP contribution < -0.4 is 15.0 Å². The maximum absolute atomic E-state index is 12.4. The van der Waals surface area contributed by atoms with Gasteiger partial charge in [-0.1, -0.05) is 11.6 Å². The second-order valence-electron chi connectivity index (χ2n) is 4.92. The number of fused-ring (bicyclic) bond motifs is 1. The summed E-state index contributed by atoms with van der Waals surface area (Å²) in [5.74, 6) is -0.277. The zero-order valence-electron chi connectivity index (χ0n) is 11.9. The van der Waals surface area contributed by atoms with Crippen LogP contribution in [0.2, 0.25) is 5.02 Å². The van der Waals surface area contributed by atoms with Gasteiger partial charge in [-0.2, -0.15) is 0 Å². The van der Waals surface area contributed by atoms with Crippen molar-refractivity contribution in [3.8, 4) is 5.75 Å². The Kier molecular flexibility index (Phi) is 5.44. The second-order valence-corrected chi connectivity index (χ2v) is 5.33. The molecule has 1 aliphatic heterocycles. The molecule has 1 aromatic heterocycles. The Morgan fingerprint density at radius 2 is 1.91 bits per heavy atom. The van der Waals surface area contributed by atoms with E-state index < -0.39 is 6.36 Å². The number of anilines is 1. The molecular weight excluding hydrogens is 354 g/mol. The molecule has 1 N–H and O–H groups in total. The van der Waals surface area contributed by atoms with Gasteiger partial charge in [0, 0.05) is 37.8 Å². The first-order chi connectivity index (χ1) is 10.4. The summed E-state index contributed by atoms with van der Waals surface area (Å²) in [6.07, 6.45) is -3.21. The first-order valence-electron chi connectivity index (χ1n) is 6.74. The Morgan fingerprint density at radius 1 is 1.22 bits per heavy atom. The van der Waals surface area contributed by atoms with Crippen molar-refractivity contribution >= 4 is 40.6 Å². The number of hydrogen-bond donors (Lipinski definition) is 1. The number of benzene rings is 1. The zero-order chi connectivity index (χ0) is 15.7. The SMILES string of the molecule is Cl.FC(F)(F)Oc1ccc2ncc(Cl)c(N3CCNCC3)c2c1. The molecule has 0 atom stereocenters. The molecule has 1 aliphatic rings. The molecule has 0 radical (unpaired) electrons. The normalized spacial score (nSPS) is 15.4. The van der Waals surface area contributed by atoms with E-state index in [4.69, 9.17) is 11.6 Å². The molecule has 1 aromatic carbocycles. The first kappa shape index (κ1) is 17.9. The van der Waals surface area contributed by atoms with Crippen LogP contribution in [-0.4, -0.2) is 37.5 Å². The van der Waals surface area contributed by atoms with Crippen LogP contribution in [0.15, 0.2) is 24.4 Å². The van der Waals surface area contributed by atoms with E-state index in [1.54, 1.807) is 0 Å². The highest BCUT2D eigenvalue weighted by molar-refractivity contribution is 6.34. The van der Waals surface area contributed by atoms with Gasteiger partial charge in [-0.3, -0.25) is 4.98 Å². The standard InChI is InChI=1S/C14H13ClF3N3O.ClH/c15-11-8-20-12-2-1-9(22-14(16,17)18)7-10(12)13(11)21-5-3-19-4-6-21;/h1-2,7-8,19H,3-6H2;1H. The maximum Gasteiger partial charge on any atom is 0.573 e. The van der Waals surface area contributed by atoms with Crippen molar-refractivity contribution in [3.05, 3.63) is 29.4 Å². The van der Waals surface area contributed by atoms with Gasteiger partial charge in [0.05, 0.1) is 16.2 Å². The quantitative estimate of drug-likeness (QED) is 0.879. The van der Waals surface area contributed by atoms with Gasteiger partial charge in [0.25, 0.3) is 0 Å². The van der Waals surface area contributed by atoms with E-state index in [9.17, 15) is 13.2 Å². The van der Waals surface area contributed by atoms with Crippen LogP contribution in [0.25, 0.3) is 10.9 Å². The fourth-order valence-electron chi connectivity index (χ4n) is 2.54. The van der Waals surface area contributed by atoms with Crippen LogP contribution in [0.5, 0.6) is 5.75 Å². The fraction of sp³-hybridized carbons (Fsp3) is 0.357. The van der Waals surface area contributed by atoms with Crippen LogP contribution in [0.4, 0.5) is 18.9 Å². The van der Waals surface area contributed by atoms with Crippen molar-refractivity contribution in [3.63, 3.8) is 0 Å². The third kappa shape index (κ3) is 4.10. The summed E-state index contributed by atoms with van der Waals surface area (Å²) in [6.45, 7) is 3.03. The number of halogens is 5. The van der Waals surface area contributed by atoms with Crippen LogP contribution >= 0.6 is 24.0 Å². The molecule has 1 fully saturated rings. The largest absolute Gasteiger partial charge is 0.573 e. The van der Waals surface area contributed by atoms with Crippen molar-refractivity contribution in [1.29, 1.82) is 0 Å². The summed E-state index contributed by atoms with van der Waals surface area (Å²) >= 11 is 6.23. The third-order valence-electron chi connectivity index (χ3n) is 3.43. The lowest BCUT2D eigenvalue weighted by atomic mass is 10.1. The molecular formula is C14H14Cl2F3N3O. The minimum Gasteiger partial charge on any atom is -0.406 e. The molecule has 0 saturated carbocycles. The first-order valence-corrected chi connectivity index (χ1v) is 7.11. The van der Waals surface area contributed by atoms with Gasteiger partial charge >= 0.3 is 6.36 Å². The number of aromatic nitrogens is 1. The van der Waals surface area contributed by atoms with E-state index >= 15 is 0 Å². The van der Waals surface area contributed by atoms with Gasteiger partial charge in [0.2, 0.25) is 0 Å². The van der Waals surface area contributed by atoms with Crippen LogP contribution in [0, 0.1) is 0 Å². The Morgan fingerprint density at radius 3 is 2.57 bits per heavy atom. The number of ether oxygens (including phenoxy) is 1. The van der Waals surface area contributed by atoms with Crippen molar-refractivity contribution in [2.24, 2.45) is 0 Å². The van der Waals surface area contributed by atoms with Crippen LogP contribution in [-0.2, 0) is 0 Å². The second kappa shape index (κ2) is 6.98. The molecule has 0 bridgehead atoms. The molecule has 23 heavy (non-hydrogen) atoms. The van der Waals surface area contributed by atoms with Gasteiger partial charge < -0.3 is 15.0 Å². The summed E-state index contributed by atoms with van der Waals surface area (Å²) < 4.78 is 41.2. The number of alkyl halides is 3. The van der Waals surface area contributed by atoms with Gasteiger partial charge in [-0.05, 0) is 18.2 Å². The van der Waals surface area contributed by atoms with E-state index in [1.807, 2.05) is 4.90 Å². The molecule has 0 unspecified atom stereocenters. The zero-order valence-corrected chi connectivity index (χ0v) is 13.4. The summed E-state index contributed by atoms with van der Waals surface area (Å²) in [5, 5.41) is 4.19. The Labute approximate surface area is 142 Å². The van der Waals surface area contributed by atoms with Gasteiger partial charge in [0.1, 0.15) is 5.75 Å². The summed E-state index contributed by atoms with van der Waals surface area (Å²) in [5.41, 5.74) is 1.27. The van der Waals surface area contributed by atoms with E-state index in [2.05, 4.69) is 15.0 Å². The summed E-state index contributed by atoms with van der Waals surface area (Å²) in [4.78, 5) is 6.20. The number of nitrogens with zero attached hydrogens (tertiary/aromatic N) is 2. The molecule has 126 valence electrons. The minimum absolute atomic E-state index is 0. The van der Waals surface area contributed by atoms with Crippen molar-refractivity contribution in [1.82, 2.24) is 10.3 Å². The van der Waals surface area contributed by atoms with Gasteiger partial charge in [0.15, 0.2) is 0 Å². The minimum atomic E-state index is -4.73. The topological polar surface area (TPSA) is 37.4 Å². The van der Waals surface area contributed by atoms with E-state index in [-0.39, 0.29) is 18.2 Å². The van der Waals surface area contributed by atoms with Gasteiger partial charge in [-0.15, -0.1) is 25.6 Å².